The molecule has 1 aromatic carbocycles. The molecule has 6 nitrogen and oxygen atoms in total. The average molecular weight is 324 g/mol. The van der Waals surface area contributed by atoms with Crippen molar-refractivity contribution in [3.63, 3.8) is 0 Å². The number of hydrogen-bond acceptors (Lipinski definition) is 6. The van der Waals surface area contributed by atoms with Crippen molar-refractivity contribution >= 4 is 11.8 Å². The van der Waals surface area contributed by atoms with Crippen LogP contribution >= 0.6 is 0 Å². The molecule has 0 radical (unpaired) electrons. The topological polar surface area (TPSA) is 71.1 Å². The first kappa shape index (κ1) is 19.3. The Balaban J connectivity index is 3.05. The van der Waals surface area contributed by atoms with Crippen molar-refractivity contribution in [2.24, 2.45) is 0 Å². The third-order valence-electron chi connectivity index (χ3n) is 2.93. The first-order chi connectivity index (χ1) is 10.7. The molecule has 23 heavy (non-hydrogen) atoms. The van der Waals surface area contributed by atoms with Crippen molar-refractivity contribution in [2.45, 2.75) is 38.4 Å². The van der Waals surface area contributed by atoms with Gasteiger partial charge in [-0.25, -0.2) is 14.6 Å². The van der Waals surface area contributed by atoms with E-state index in [4.69, 9.17) is 19.2 Å². The van der Waals surface area contributed by atoms with E-state index < -0.39 is 17.2 Å². The second-order valence-electron chi connectivity index (χ2n) is 6.16. The summed E-state index contributed by atoms with van der Waals surface area (Å²) in [7, 11) is 2.63. The molecule has 128 valence electrons. The molecular formula is C17H24O6. The van der Waals surface area contributed by atoms with Crippen LogP contribution in [0.25, 0.3) is 0 Å². The number of rotatable bonds is 8. The van der Waals surface area contributed by atoms with E-state index >= 15 is 0 Å². The van der Waals surface area contributed by atoms with Gasteiger partial charge >= 0.3 is 5.97 Å². The molecule has 0 saturated heterocycles. The molecular weight excluding hydrogens is 300 g/mol. The predicted octanol–water partition coefficient (Wildman–Crippen LogP) is 2.56. The van der Waals surface area contributed by atoms with Crippen LogP contribution in [0.3, 0.4) is 0 Å². The molecule has 1 aromatic rings. The fourth-order valence-electron chi connectivity index (χ4n) is 1.88. The summed E-state index contributed by atoms with van der Waals surface area (Å²) in [5.41, 5.74) is -1.86. The molecule has 6 heteroatoms. The summed E-state index contributed by atoms with van der Waals surface area (Å²) >= 11 is 0. The Bertz CT molecular complexity index is 520. The monoisotopic (exact) mass is 324 g/mol. The van der Waals surface area contributed by atoms with Crippen molar-refractivity contribution in [3.8, 4) is 0 Å². The van der Waals surface area contributed by atoms with Crippen molar-refractivity contribution in [1.82, 2.24) is 0 Å². The van der Waals surface area contributed by atoms with Gasteiger partial charge in [0.2, 0.25) is 5.60 Å². The molecule has 1 rings (SSSR count). The van der Waals surface area contributed by atoms with Gasteiger partial charge in [-0.2, -0.15) is 0 Å². The molecule has 0 aromatic heterocycles. The normalized spacial score (nSPS) is 14.1. The SMILES string of the molecule is COCC(CC(=O)c1ccccc1)(OOC(C)(C)C)C(=O)OC. The summed E-state index contributed by atoms with van der Waals surface area (Å²) in [4.78, 5) is 35.4. The number of esters is 1. The lowest BCUT2D eigenvalue weighted by molar-refractivity contribution is -0.400. The average Bonchev–Trinajstić information content (AvgIpc) is 2.52. The van der Waals surface area contributed by atoms with Gasteiger partial charge in [-0.3, -0.25) is 4.79 Å². The Labute approximate surface area is 136 Å². The van der Waals surface area contributed by atoms with E-state index in [2.05, 4.69) is 0 Å². The Morgan fingerprint density at radius 2 is 1.61 bits per heavy atom. The zero-order chi connectivity index (χ0) is 17.5. The predicted molar refractivity (Wildman–Crippen MR) is 83.9 cm³/mol. The molecule has 0 fully saturated rings. The van der Waals surface area contributed by atoms with Crippen LogP contribution in [0.4, 0.5) is 0 Å². The molecule has 0 saturated carbocycles. The van der Waals surface area contributed by atoms with Gasteiger partial charge in [0.25, 0.3) is 0 Å². The second kappa shape index (κ2) is 8.19. The van der Waals surface area contributed by atoms with Crippen LogP contribution in [-0.4, -0.2) is 43.8 Å². The standard InChI is InChI=1S/C17H24O6/c1-16(2,3)22-23-17(12-20-4,15(19)21-5)11-14(18)13-9-7-6-8-10-13/h6-10H,11-12H2,1-5H3. The second-order valence-corrected chi connectivity index (χ2v) is 6.16. The highest BCUT2D eigenvalue weighted by Crippen LogP contribution is 2.25. The van der Waals surface area contributed by atoms with Crippen LogP contribution in [0, 0.1) is 0 Å². The van der Waals surface area contributed by atoms with E-state index in [0.29, 0.717) is 5.56 Å². The molecule has 0 spiro atoms. The molecule has 1 atom stereocenters. The number of carbonyl (C=O) groups is 2. The Morgan fingerprint density at radius 3 is 2.09 bits per heavy atom. The molecule has 0 aliphatic carbocycles. The van der Waals surface area contributed by atoms with Crippen LogP contribution < -0.4 is 0 Å². The van der Waals surface area contributed by atoms with E-state index in [1.54, 1.807) is 51.1 Å². The van der Waals surface area contributed by atoms with Crippen molar-refractivity contribution < 1.29 is 28.8 Å². The summed E-state index contributed by atoms with van der Waals surface area (Å²) in [5.74, 6) is -1.00. The number of benzene rings is 1. The molecule has 0 aliphatic heterocycles. The molecule has 0 N–H and O–H groups in total. The summed E-state index contributed by atoms with van der Waals surface area (Å²) < 4.78 is 9.87. The van der Waals surface area contributed by atoms with Gasteiger partial charge < -0.3 is 9.47 Å². The smallest absolute Gasteiger partial charge is 0.344 e. The minimum Gasteiger partial charge on any atom is -0.467 e. The zero-order valence-electron chi connectivity index (χ0n) is 14.3. The van der Waals surface area contributed by atoms with Crippen LogP contribution in [-0.2, 0) is 24.0 Å². The van der Waals surface area contributed by atoms with Crippen molar-refractivity contribution in [3.05, 3.63) is 35.9 Å². The first-order valence-corrected chi connectivity index (χ1v) is 7.26. The maximum Gasteiger partial charge on any atom is 0.344 e. The van der Waals surface area contributed by atoms with E-state index in [-0.39, 0.29) is 18.8 Å². The van der Waals surface area contributed by atoms with Crippen molar-refractivity contribution in [2.75, 3.05) is 20.8 Å². The number of ether oxygens (including phenoxy) is 2. The number of hydrogen-bond donors (Lipinski definition) is 0. The number of carbonyl (C=O) groups excluding carboxylic acids is 2. The van der Waals surface area contributed by atoms with Crippen LogP contribution in [0.2, 0.25) is 0 Å². The first-order valence-electron chi connectivity index (χ1n) is 7.26. The van der Waals surface area contributed by atoms with Crippen LogP contribution in [0.15, 0.2) is 30.3 Å². The maximum atomic E-state index is 12.5. The Morgan fingerprint density at radius 1 is 1.00 bits per heavy atom. The lowest BCUT2D eigenvalue weighted by atomic mass is 9.94. The Kier molecular flexibility index (Phi) is 6.87. The van der Waals surface area contributed by atoms with E-state index in [0.717, 1.165) is 0 Å². The summed E-state index contributed by atoms with van der Waals surface area (Å²) in [6, 6.07) is 8.63. The van der Waals surface area contributed by atoms with Gasteiger partial charge in [0, 0.05) is 12.7 Å². The third-order valence-corrected chi connectivity index (χ3v) is 2.93. The number of Topliss-reactive ketones (excluding diaryl/α,β-unsaturated/α-hetero) is 1. The number of ketones is 1. The highest BCUT2D eigenvalue weighted by atomic mass is 17.2. The highest BCUT2D eigenvalue weighted by molar-refractivity contribution is 5.99. The quantitative estimate of drug-likeness (QED) is 0.317. The third kappa shape index (κ3) is 5.74. The fraction of sp³-hybridized carbons (Fsp3) is 0.529. The van der Waals surface area contributed by atoms with Gasteiger partial charge in [-0.05, 0) is 20.8 Å². The largest absolute Gasteiger partial charge is 0.467 e. The minimum absolute atomic E-state index is 0.172. The lowest BCUT2D eigenvalue weighted by Crippen LogP contribution is -2.49. The molecule has 0 aliphatic rings. The van der Waals surface area contributed by atoms with Crippen LogP contribution in [0.1, 0.15) is 37.6 Å². The van der Waals surface area contributed by atoms with Gasteiger partial charge in [0.1, 0.15) is 0 Å². The van der Waals surface area contributed by atoms with Gasteiger partial charge in [-0.15, -0.1) is 0 Å². The minimum atomic E-state index is -1.66. The lowest BCUT2D eigenvalue weighted by Gasteiger charge is -2.31. The van der Waals surface area contributed by atoms with Gasteiger partial charge in [0.15, 0.2) is 5.78 Å². The molecule has 0 bridgehead atoms. The highest BCUT2D eigenvalue weighted by Gasteiger charge is 2.46. The van der Waals surface area contributed by atoms with Gasteiger partial charge in [0.05, 0.1) is 25.7 Å². The van der Waals surface area contributed by atoms with E-state index in [1.165, 1.54) is 14.2 Å². The van der Waals surface area contributed by atoms with E-state index in [9.17, 15) is 9.59 Å². The summed E-state index contributed by atoms with van der Waals surface area (Å²) in [5, 5.41) is 0. The molecule has 0 heterocycles. The fourth-order valence-corrected chi connectivity index (χ4v) is 1.88. The van der Waals surface area contributed by atoms with Gasteiger partial charge in [-0.1, -0.05) is 30.3 Å². The number of methoxy groups -OCH3 is 2. The zero-order valence-corrected chi connectivity index (χ0v) is 14.3. The Hall–Kier alpha value is -1.76. The summed E-state index contributed by atoms with van der Waals surface area (Å²) in [6.45, 7) is 5.12. The van der Waals surface area contributed by atoms with Crippen molar-refractivity contribution in [1.29, 1.82) is 0 Å². The molecule has 0 amide bonds. The summed E-state index contributed by atoms with van der Waals surface area (Å²) in [6.07, 6.45) is -0.256. The van der Waals surface area contributed by atoms with E-state index in [1.807, 2.05) is 0 Å². The van der Waals surface area contributed by atoms with Crippen LogP contribution in [0.5, 0.6) is 0 Å². The molecule has 1 unspecified atom stereocenters. The maximum absolute atomic E-state index is 12.5.